The number of benzene rings is 1. The molecular formula is C31H31N5O5. The number of hydrogen-bond donors (Lipinski definition) is 0. The number of non-ortho nitro benzene ring substituents is 1. The summed E-state index contributed by atoms with van der Waals surface area (Å²) in [4.78, 5) is 55.5. The second-order valence-electron chi connectivity index (χ2n) is 12.6. The SMILES string of the molecule is O=C([C@@H]1Cc2cc([N+](=O)[O-])ccc2N2CC3CC(Cn4c3cccc4=O)[C@@H]12)N1CC2CC(C1)c1cccc(=O)n1C2. The van der Waals surface area contributed by atoms with Gasteiger partial charge < -0.3 is 18.9 Å². The van der Waals surface area contributed by atoms with E-state index in [1.54, 1.807) is 30.3 Å². The highest BCUT2D eigenvalue weighted by Gasteiger charge is 2.51. The van der Waals surface area contributed by atoms with Gasteiger partial charge in [-0.05, 0) is 54.9 Å². The zero-order valence-corrected chi connectivity index (χ0v) is 22.6. The van der Waals surface area contributed by atoms with Gasteiger partial charge in [0.1, 0.15) is 0 Å². The highest BCUT2D eigenvalue weighted by molar-refractivity contribution is 5.83. The Kier molecular flexibility index (Phi) is 5.33. The van der Waals surface area contributed by atoms with Crippen molar-refractivity contribution in [3.63, 3.8) is 0 Å². The van der Waals surface area contributed by atoms with E-state index in [4.69, 9.17) is 0 Å². The lowest BCUT2D eigenvalue weighted by Gasteiger charge is -2.55. The molecule has 3 aromatic rings. The molecule has 0 aliphatic carbocycles. The Balaban J connectivity index is 1.18. The Hall–Kier alpha value is -4.21. The summed E-state index contributed by atoms with van der Waals surface area (Å²) >= 11 is 0. The van der Waals surface area contributed by atoms with E-state index in [9.17, 15) is 24.5 Å². The number of piperidine rings is 2. The summed E-state index contributed by atoms with van der Waals surface area (Å²) in [6.45, 7) is 3.03. The van der Waals surface area contributed by atoms with E-state index in [1.807, 2.05) is 38.3 Å². The summed E-state index contributed by atoms with van der Waals surface area (Å²) in [6.07, 6.45) is 2.32. The molecule has 2 fully saturated rings. The van der Waals surface area contributed by atoms with Gasteiger partial charge in [0.05, 0.1) is 10.8 Å². The van der Waals surface area contributed by atoms with Crippen LogP contribution < -0.4 is 16.0 Å². The van der Waals surface area contributed by atoms with Crippen LogP contribution >= 0.6 is 0 Å². The van der Waals surface area contributed by atoms with E-state index in [0.717, 1.165) is 35.5 Å². The fourth-order valence-corrected chi connectivity index (χ4v) is 8.75. The lowest BCUT2D eigenvalue weighted by atomic mass is 9.69. The highest BCUT2D eigenvalue weighted by Crippen LogP contribution is 2.48. The molecule has 1 aromatic carbocycles. The summed E-state index contributed by atoms with van der Waals surface area (Å²) in [5.74, 6) is 0.317. The lowest BCUT2D eigenvalue weighted by Crippen LogP contribution is -2.62. The third kappa shape index (κ3) is 3.72. The second-order valence-corrected chi connectivity index (χ2v) is 12.6. The van der Waals surface area contributed by atoms with Crippen LogP contribution in [-0.2, 0) is 24.3 Å². The fourth-order valence-electron chi connectivity index (χ4n) is 8.75. The van der Waals surface area contributed by atoms with Gasteiger partial charge in [0.15, 0.2) is 0 Å². The quantitative estimate of drug-likeness (QED) is 0.357. The molecule has 0 saturated carbocycles. The molecular weight excluding hydrogens is 522 g/mol. The minimum atomic E-state index is -0.373. The van der Waals surface area contributed by atoms with Crippen molar-refractivity contribution in [3.8, 4) is 0 Å². The van der Waals surface area contributed by atoms with Crippen molar-refractivity contribution in [2.45, 2.75) is 50.2 Å². The maximum absolute atomic E-state index is 14.5. The molecule has 5 aliphatic heterocycles. The van der Waals surface area contributed by atoms with Crippen LogP contribution in [0.4, 0.5) is 11.4 Å². The van der Waals surface area contributed by atoms with Crippen molar-refractivity contribution in [2.24, 2.45) is 17.8 Å². The molecule has 4 bridgehead atoms. The summed E-state index contributed by atoms with van der Waals surface area (Å²) in [6, 6.07) is 15.8. The molecule has 5 aliphatic rings. The maximum atomic E-state index is 14.5. The zero-order chi connectivity index (χ0) is 28.0. The minimum Gasteiger partial charge on any atom is -0.366 e. The zero-order valence-electron chi connectivity index (χ0n) is 22.6. The van der Waals surface area contributed by atoms with E-state index >= 15 is 0 Å². The van der Waals surface area contributed by atoms with Crippen molar-refractivity contribution in [3.05, 3.63) is 102 Å². The smallest absolute Gasteiger partial charge is 0.269 e. The number of nitro groups is 1. The highest BCUT2D eigenvalue weighted by atomic mass is 16.6. The first-order valence-corrected chi connectivity index (χ1v) is 14.6. The summed E-state index contributed by atoms with van der Waals surface area (Å²) in [5, 5.41) is 11.7. The van der Waals surface area contributed by atoms with Gasteiger partial charge in [-0.15, -0.1) is 0 Å². The number of rotatable bonds is 2. The predicted molar refractivity (Wildman–Crippen MR) is 151 cm³/mol. The van der Waals surface area contributed by atoms with Crippen molar-refractivity contribution >= 4 is 17.3 Å². The molecule has 6 atom stereocenters. The van der Waals surface area contributed by atoms with Crippen LogP contribution in [0, 0.1) is 27.9 Å². The van der Waals surface area contributed by atoms with Crippen LogP contribution in [0.5, 0.6) is 0 Å². The Labute approximate surface area is 236 Å². The van der Waals surface area contributed by atoms with E-state index in [-0.39, 0.29) is 63.3 Å². The molecule has 10 nitrogen and oxygen atoms in total. The number of fused-ring (bicyclic) bond motifs is 12. The third-order valence-corrected chi connectivity index (χ3v) is 10.3. The van der Waals surface area contributed by atoms with E-state index in [2.05, 4.69) is 4.90 Å². The van der Waals surface area contributed by atoms with Crippen LogP contribution in [0.15, 0.2) is 64.2 Å². The molecule has 2 aromatic heterocycles. The number of amides is 1. The number of hydrogen-bond acceptors (Lipinski definition) is 6. The standard InChI is InChI=1S/C31H31N5O5/c37-28-5-1-3-25-20-9-18(14-33(25)28)13-32(15-20)31(39)24-12-19-11-23(36(40)41)7-8-27(19)35-16-21-10-22(30(24)35)17-34-26(21)4-2-6-29(34)38/h1-8,11,18,20-22,24,30H,9-10,12-17H2/t18?,20?,21?,22?,24-,30+/m1/s1. The number of anilines is 1. The van der Waals surface area contributed by atoms with Gasteiger partial charge in [-0.3, -0.25) is 24.5 Å². The lowest BCUT2D eigenvalue weighted by molar-refractivity contribution is -0.384. The van der Waals surface area contributed by atoms with Gasteiger partial charge in [-0.2, -0.15) is 0 Å². The summed E-state index contributed by atoms with van der Waals surface area (Å²) in [5.41, 5.74) is 3.89. The predicted octanol–water partition coefficient (Wildman–Crippen LogP) is 2.73. The van der Waals surface area contributed by atoms with Crippen LogP contribution in [0.1, 0.15) is 41.6 Å². The first kappa shape index (κ1) is 24.6. The average molecular weight is 554 g/mol. The number of nitrogens with zero attached hydrogens (tertiary/aromatic N) is 5. The third-order valence-electron chi connectivity index (χ3n) is 10.3. The van der Waals surface area contributed by atoms with Crippen LogP contribution in [0.25, 0.3) is 0 Å². The first-order valence-electron chi connectivity index (χ1n) is 14.6. The topological polar surface area (TPSA) is 111 Å². The number of carbonyl (C=O) groups is 1. The Bertz CT molecular complexity index is 1730. The average Bonchev–Trinajstić information content (AvgIpc) is 2.97. The molecule has 4 unspecified atom stereocenters. The molecule has 1 amide bonds. The van der Waals surface area contributed by atoms with Crippen molar-refractivity contribution in [1.29, 1.82) is 0 Å². The molecule has 0 N–H and O–H groups in total. The number of aromatic nitrogens is 2. The normalized spacial score (nSPS) is 29.1. The van der Waals surface area contributed by atoms with Crippen molar-refractivity contribution < 1.29 is 9.72 Å². The largest absolute Gasteiger partial charge is 0.366 e. The fraction of sp³-hybridized carbons (Fsp3) is 0.452. The molecule has 41 heavy (non-hydrogen) atoms. The minimum absolute atomic E-state index is 0.00174. The maximum Gasteiger partial charge on any atom is 0.269 e. The van der Waals surface area contributed by atoms with Gasteiger partial charge in [0.25, 0.3) is 16.8 Å². The molecule has 0 spiro atoms. The number of carbonyl (C=O) groups excluding carboxylic acids is 1. The monoisotopic (exact) mass is 553 g/mol. The number of nitro benzene ring substituents is 1. The number of pyridine rings is 2. The molecule has 8 rings (SSSR count). The van der Waals surface area contributed by atoms with Gasteiger partial charge >= 0.3 is 0 Å². The van der Waals surface area contributed by atoms with Crippen LogP contribution in [0.2, 0.25) is 0 Å². The van der Waals surface area contributed by atoms with Crippen LogP contribution in [0.3, 0.4) is 0 Å². The number of likely N-dealkylation sites (tertiary alicyclic amines) is 1. The molecule has 7 heterocycles. The molecule has 10 heteroatoms. The first-order chi connectivity index (χ1) is 19.9. The van der Waals surface area contributed by atoms with Crippen LogP contribution in [-0.4, -0.2) is 50.5 Å². The Morgan fingerprint density at radius 2 is 1.54 bits per heavy atom. The van der Waals surface area contributed by atoms with E-state index in [1.165, 1.54) is 0 Å². The van der Waals surface area contributed by atoms with Crippen molar-refractivity contribution in [1.82, 2.24) is 14.0 Å². The van der Waals surface area contributed by atoms with Gasteiger partial charge in [-0.1, -0.05) is 12.1 Å². The van der Waals surface area contributed by atoms with Gasteiger partial charge in [0.2, 0.25) is 5.91 Å². The van der Waals surface area contributed by atoms with Gasteiger partial charge in [0, 0.05) is 91.9 Å². The van der Waals surface area contributed by atoms with E-state index in [0.29, 0.717) is 39.1 Å². The van der Waals surface area contributed by atoms with E-state index < -0.39 is 0 Å². The second kappa shape index (κ2) is 8.89. The Morgan fingerprint density at radius 3 is 2.27 bits per heavy atom. The molecule has 210 valence electrons. The Morgan fingerprint density at radius 1 is 0.829 bits per heavy atom. The summed E-state index contributed by atoms with van der Waals surface area (Å²) in [7, 11) is 0. The summed E-state index contributed by atoms with van der Waals surface area (Å²) < 4.78 is 3.76. The molecule has 2 saturated heterocycles. The van der Waals surface area contributed by atoms with Gasteiger partial charge in [-0.25, -0.2) is 0 Å². The van der Waals surface area contributed by atoms with Crippen molar-refractivity contribution in [2.75, 3.05) is 24.5 Å². The molecule has 0 radical (unpaired) electrons.